The summed E-state index contributed by atoms with van der Waals surface area (Å²) in [6.45, 7) is 2.60. The maximum absolute atomic E-state index is 12.1. The Kier molecular flexibility index (Phi) is 4.14. The van der Waals surface area contributed by atoms with Gasteiger partial charge in [0.1, 0.15) is 5.69 Å². The van der Waals surface area contributed by atoms with Gasteiger partial charge in [-0.15, -0.1) is 0 Å². The van der Waals surface area contributed by atoms with Gasteiger partial charge in [0, 0.05) is 32.9 Å². The fraction of sp³-hybridized carbons (Fsp3) is 0.538. The number of anilines is 1. The molecule has 0 aliphatic carbocycles. The first-order valence-corrected chi connectivity index (χ1v) is 7.76. The molecular weight excluding hydrogens is 288 g/mol. The quantitative estimate of drug-likeness (QED) is 0.909. The molecule has 1 N–H and O–H groups in total. The minimum Gasteiger partial charge on any atom is -0.354 e. The molecule has 0 spiro atoms. The fourth-order valence-electron chi connectivity index (χ4n) is 2.66. The van der Waals surface area contributed by atoms with Gasteiger partial charge in [0.05, 0.1) is 17.9 Å². The van der Waals surface area contributed by atoms with E-state index in [0.29, 0.717) is 18.2 Å². The standard InChI is InChI=1S/C13H18N6OS/c1-18-11(4-5-15-18)13(20)14-7-10-3-2-6-19(9-10)12-8-16-21-17-12/h4-5,8,10H,2-3,6-7,9H2,1H3,(H,14,20)/t10-/m1/s1. The van der Waals surface area contributed by atoms with E-state index in [1.807, 2.05) is 0 Å². The number of aryl methyl sites for hydroxylation is 1. The van der Waals surface area contributed by atoms with Gasteiger partial charge in [0.25, 0.3) is 5.91 Å². The van der Waals surface area contributed by atoms with Gasteiger partial charge < -0.3 is 10.2 Å². The van der Waals surface area contributed by atoms with Crippen LogP contribution in [0.4, 0.5) is 5.82 Å². The van der Waals surface area contributed by atoms with E-state index >= 15 is 0 Å². The van der Waals surface area contributed by atoms with E-state index in [0.717, 1.165) is 31.7 Å². The van der Waals surface area contributed by atoms with E-state index in [1.165, 1.54) is 11.7 Å². The van der Waals surface area contributed by atoms with Crippen LogP contribution in [0.15, 0.2) is 18.5 Å². The molecule has 21 heavy (non-hydrogen) atoms. The summed E-state index contributed by atoms with van der Waals surface area (Å²) in [4.78, 5) is 14.3. The van der Waals surface area contributed by atoms with Crippen molar-refractivity contribution in [1.29, 1.82) is 0 Å². The van der Waals surface area contributed by atoms with Crippen LogP contribution in [-0.4, -0.2) is 44.1 Å². The number of carbonyl (C=O) groups excluding carboxylic acids is 1. The Morgan fingerprint density at radius 3 is 3.19 bits per heavy atom. The molecule has 7 nitrogen and oxygen atoms in total. The van der Waals surface area contributed by atoms with Crippen LogP contribution < -0.4 is 10.2 Å². The minimum absolute atomic E-state index is 0.0672. The molecule has 2 aromatic heterocycles. The average Bonchev–Trinajstić information content (AvgIpc) is 3.16. The summed E-state index contributed by atoms with van der Waals surface area (Å²) in [6.07, 6.45) is 5.68. The van der Waals surface area contributed by atoms with E-state index in [-0.39, 0.29) is 5.91 Å². The highest BCUT2D eigenvalue weighted by Crippen LogP contribution is 2.21. The van der Waals surface area contributed by atoms with E-state index < -0.39 is 0 Å². The molecule has 1 amide bonds. The normalized spacial score (nSPS) is 18.7. The lowest BCUT2D eigenvalue weighted by Gasteiger charge is -2.32. The van der Waals surface area contributed by atoms with Crippen LogP contribution in [0.3, 0.4) is 0 Å². The third-order valence-electron chi connectivity index (χ3n) is 3.80. The molecule has 1 fully saturated rings. The zero-order chi connectivity index (χ0) is 14.7. The summed E-state index contributed by atoms with van der Waals surface area (Å²) in [5.74, 6) is 1.32. The Morgan fingerprint density at radius 2 is 2.48 bits per heavy atom. The molecule has 1 aliphatic rings. The molecule has 1 atom stereocenters. The number of aromatic nitrogens is 4. The molecule has 0 unspecified atom stereocenters. The summed E-state index contributed by atoms with van der Waals surface area (Å²) < 4.78 is 9.92. The third-order valence-corrected chi connectivity index (χ3v) is 4.27. The largest absolute Gasteiger partial charge is 0.354 e. The van der Waals surface area contributed by atoms with Gasteiger partial charge in [-0.25, -0.2) is 0 Å². The molecule has 1 saturated heterocycles. The van der Waals surface area contributed by atoms with E-state index in [9.17, 15) is 4.79 Å². The van der Waals surface area contributed by atoms with Crippen molar-refractivity contribution in [3.8, 4) is 0 Å². The van der Waals surface area contributed by atoms with E-state index in [4.69, 9.17) is 0 Å². The number of amides is 1. The van der Waals surface area contributed by atoms with Crippen LogP contribution in [0, 0.1) is 5.92 Å². The predicted octanol–water partition coefficient (Wildman–Crippen LogP) is 0.918. The van der Waals surface area contributed by atoms with Crippen molar-refractivity contribution < 1.29 is 4.79 Å². The number of piperidine rings is 1. The van der Waals surface area contributed by atoms with Crippen molar-refractivity contribution in [2.24, 2.45) is 13.0 Å². The number of rotatable bonds is 4. The highest BCUT2D eigenvalue weighted by atomic mass is 32.1. The second-order valence-electron chi connectivity index (χ2n) is 5.27. The molecule has 0 saturated carbocycles. The Hall–Kier alpha value is -1.96. The Balaban J connectivity index is 1.53. The van der Waals surface area contributed by atoms with Gasteiger partial charge >= 0.3 is 0 Å². The van der Waals surface area contributed by atoms with Crippen molar-refractivity contribution in [2.45, 2.75) is 12.8 Å². The lowest BCUT2D eigenvalue weighted by Crippen LogP contribution is -2.41. The lowest BCUT2D eigenvalue weighted by molar-refractivity contribution is 0.0936. The second kappa shape index (κ2) is 6.21. The molecule has 0 aromatic carbocycles. The first-order valence-electron chi connectivity index (χ1n) is 7.03. The van der Waals surface area contributed by atoms with Gasteiger partial charge in [-0.1, -0.05) is 0 Å². The Labute approximate surface area is 127 Å². The molecule has 2 aromatic rings. The second-order valence-corrected chi connectivity index (χ2v) is 5.83. The van der Waals surface area contributed by atoms with Crippen LogP contribution in [0.2, 0.25) is 0 Å². The third kappa shape index (κ3) is 3.21. The summed E-state index contributed by atoms with van der Waals surface area (Å²) in [5.41, 5.74) is 0.589. The van der Waals surface area contributed by atoms with Gasteiger partial charge in [0.2, 0.25) is 0 Å². The SMILES string of the molecule is Cn1nccc1C(=O)NC[C@H]1CCCN(c2cnsn2)C1. The number of nitrogens with one attached hydrogen (secondary N) is 1. The summed E-state index contributed by atoms with van der Waals surface area (Å²) in [5, 5.41) is 7.01. The number of nitrogens with zero attached hydrogens (tertiary/aromatic N) is 5. The number of hydrogen-bond acceptors (Lipinski definition) is 6. The first kappa shape index (κ1) is 14.0. The van der Waals surface area contributed by atoms with Crippen LogP contribution in [0.25, 0.3) is 0 Å². The Bertz CT molecular complexity index is 596. The van der Waals surface area contributed by atoms with Crippen LogP contribution in [0.5, 0.6) is 0 Å². The van der Waals surface area contributed by atoms with Gasteiger partial charge in [-0.2, -0.15) is 13.8 Å². The molecule has 3 heterocycles. The minimum atomic E-state index is -0.0672. The van der Waals surface area contributed by atoms with Crippen molar-refractivity contribution >= 4 is 23.5 Å². The highest BCUT2D eigenvalue weighted by Gasteiger charge is 2.22. The smallest absolute Gasteiger partial charge is 0.269 e. The molecule has 0 radical (unpaired) electrons. The Morgan fingerprint density at radius 1 is 1.57 bits per heavy atom. The maximum atomic E-state index is 12.1. The van der Waals surface area contributed by atoms with Crippen molar-refractivity contribution in [3.63, 3.8) is 0 Å². The van der Waals surface area contributed by atoms with Crippen LogP contribution in [0.1, 0.15) is 23.3 Å². The number of carbonyl (C=O) groups is 1. The van der Waals surface area contributed by atoms with Crippen molar-refractivity contribution in [2.75, 3.05) is 24.5 Å². The molecule has 3 rings (SSSR count). The first-order chi connectivity index (χ1) is 10.2. The summed E-state index contributed by atoms with van der Waals surface area (Å²) in [7, 11) is 1.77. The number of hydrogen-bond donors (Lipinski definition) is 1. The van der Waals surface area contributed by atoms with Crippen molar-refractivity contribution in [3.05, 3.63) is 24.2 Å². The summed E-state index contributed by atoms with van der Waals surface area (Å²) >= 11 is 1.23. The van der Waals surface area contributed by atoms with E-state index in [1.54, 1.807) is 30.2 Å². The lowest BCUT2D eigenvalue weighted by atomic mass is 9.98. The fourth-order valence-corrected chi connectivity index (χ4v) is 3.10. The maximum Gasteiger partial charge on any atom is 0.269 e. The molecular formula is C13H18N6OS. The average molecular weight is 306 g/mol. The molecule has 112 valence electrons. The highest BCUT2D eigenvalue weighted by molar-refractivity contribution is 6.99. The predicted molar refractivity (Wildman–Crippen MR) is 80.4 cm³/mol. The topological polar surface area (TPSA) is 75.9 Å². The van der Waals surface area contributed by atoms with Crippen molar-refractivity contribution in [1.82, 2.24) is 23.8 Å². The molecule has 0 bridgehead atoms. The zero-order valence-electron chi connectivity index (χ0n) is 11.9. The summed E-state index contributed by atoms with van der Waals surface area (Å²) in [6, 6.07) is 1.73. The monoisotopic (exact) mass is 306 g/mol. The van der Waals surface area contributed by atoms with Crippen LogP contribution in [-0.2, 0) is 7.05 Å². The zero-order valence-corrected chi connectivity index (χ0v) is 12.7. The van der Waals surface area contributed by atoms with Crippen LogP contribution >= 0.6 is 11.7 Å². The molecule has 8 heteroatoms. The van der Waals surface area contributed by atoms with Gasteiger partial charge in [0.15, 0.2) is 5.82 Å². The molecule has 1 aliphatic heterocycles. The van der Waals surface area contributed by atoms with Gasteiger partial charge in [-0.3, -0.25) is 9.48 Å². The van der Waals surface area contributed by atoms with E-state index in [2.05, 4.69) is 24.1 Å². The van der Waals surface area contributed by atoms with Gasteiger partial charge in [-0.05, 0) is 24.8 Å².